The van der Waals surface area contributed by atoms with E-state index < -0.39 is 5.82 Å². The first-order valence-corrected chi connectivity index (χ1v) is 8.00. The lowest BCUT2D eigenvalue weighted by Crippen LogP contribution is -2.33. The predicted molar refractivity (Wildman–Crippen MR) is 91.0 cm³/mol. The Morgan fingerprint density at radius 3 is 2.39 bits per heavy atom. The van der Waals surface area contributed by atoms with Crippen LogP contribution in [0.25, 0.3) is 0 Å². The number of rotatable bonds is 3. The maximum absolute atomic E-state index is 13.5. The second-order valence-corrected chi connectivity index (χ2v) is 6.21. The Morgan fingerprint density at radius 2 is 1.83 bits per heavy atom. The molecule has 0 amide bonds. The Kier molecular flexibility index (Phi) is 4.72. The molecular formula is C17H14Cl2FN3. The van der Waals surface area contributed by atoms with Crippen LogP contribution in [0.5, 0.6) is 0 Å². The molecule has 0 radical (unpaired) electrons. The van der Waals surface area contributed by atoms with Gasteiger partial charge in [0.1, 0.15) is 11.9 Å². The summed E-state index contributed by atoms with van der Waals surface area (Å²) >= 11 is 12.1. The molecule has 2 aromatic rings. The van der Waals surface area contributed by atoms with Crippen molar-refractivity contribution in [1.29, 1.82) is 5.26 Å². The molecule has 6 heteroatoms. The lowest BCUT2D eigenvalue weighted by atomic mass is 10.1. The fourth-order valence-electron chi connectivity index (χ4n) is 2.81. The lowest BCUT2D eigenvalue weighted by molar-refractivity contribution is 0.627. The van der Waals surface area contributed by atoms with E-state index in [4.69, 9.17) is 28.5 Å². The molecule has 1 aliphatic rings. The van der Waals surface area contributed by atoms with Crippen molar-refractivity contribution in [1.82, 2.24) is 5.32 Å². The zero-order chi connectivity index (χ0) is 16.4. The molecule has 1 fully saturated rings. The molecule has 23 heavy (non-hydrogen) atoms. The zero-order valence-corrected chi connectivity index (χ0v) is 13.7. The molecular weight excluding hydrogens is 336 g/mol. The van der Waals surface area contributed by atoms with E-state index in [9.17, 15) is 4.39 Å². The fourth-order valence-corrected chi connectivity index (χ4v) is 3.20. The molecule has 3 nitrogen and oxygen atoms in total. The van der Waals surface area contributed by atoms with E-state index in [2.05, 4.69) is 16.3 Å². The summed E-state index contributed by atoms with van der Waals surface area (Å²) < 4.78 is 13.5. The van der Waals surface area contributed by atoms with Crippen LogP contribution in [0.3, 0.4) is 0 Å². The smallest absolute Gasteiger partial charge is 0.141 e. The van der Waals surface area contributed by atoms with Gasteiger partial charge in [-0.05, 0) is 49.4 Å². The number of hydrogen-bond acceptors (Lipinski definition) is 3. The number of nitriles is 1. The molecule has 118 valence electrons. The predicted octanol–water partition coefficient (Wildman–Crippen LogP) is 4.50. The lowest BCUT2D eigenvalue weighted by Gasteiger charge is -2.31. The number of hydrogen-bond donors (Lipinski definition) is 1. The van der Waals surface area contributed by atoms with Crippen LogP contribution in [0.2, 0.25) is 10.0 Å². The second kappa shape index (κ2) is 6.76. The molecule has 0 saturated carbocycles. The van der Waals surface area contributed by atoms with Gasteiger partial charge in [0, 0.05) is 24.0 Å². The minimum Gasteiger partial charge on any atom is -0.337 e. The SMILES string of the molecule is N#Cc1ccc(N(c2ccc(F)c(Cl)c2)[C@H]2CCNC2)cc1Cl. The number of nitrogens with one attached hydrogen (secondary N) is 1. The van der Waals surface area contributed by atoms with Crippen LogP contribution in [0.1, 0.15) is 12.0 Å². The summed E-state index contributed by atoms with van der Waals surface area (Å²) in [7, 11) is 0. The van der Waals surface area contributed by atoms with E-state index in [1.54, 1.807) is 24.3 Å². The summed E-state index contributed by atoms with van der Waals surface area (Å²) in [6.45, 7) is 1.73. The van der Waals surface area contributed by atoms with Crippen molar-refractivity contribution in [2.75, 3.05) is 18.0 Å². The van der Waals surface area contributed by atoms with Gasteiger partial charge in [0.25, 0.3) is 0 Å². The maximum atomic E-state index is 13.5. The van der Waals surface area contributed by atoms with E-state index in [1.807, 2.05) is 6.07 Å². The summed E-state index contributed by atoms with van der Waals surface area (Å²) in [6, 6.07) is 12.2. The van der Waals surface area contributed by atoms with E-state index in [0.29, 0.717) is 10.6 Å². The van der Waals surface area contributed by atoms with Gasteiger partial charge in [0.05, 0.1) is 15.6 Å². The van der Waals surface area contributed by atoms with Crippen molar-refractivity contribution in [3.05, 3.63) is 57.8 Å². The highest BCUT2D eigenvalue weighted by molar-refractivity contribution is 6.32. The molecule has 0 spiro atoms. The van der Waals surface area contributed by atoms with Crippen LogP contribution in [0.15, 0.2) is 36.4 Å². The van der Waals surface area contributed by atoms with Crippen LogP contribution < -0.4 is 10.2 Å². The third-order valence-electron chi connectivity index (χ3n) is 3.93. The summed E-state index contributed by atoms with van der Waals surface area (Å²) in [5.74, 6) is -0.447. The highest BCUT2D eigenvalue weighted by Gasteiger charge is 2.25. The first-order valence-electron chi connectivity index (χ1n) is 7.25. The Balaban J connectivity index is 2.06. The molecule has 0 aliphatic carbocycles. The van der Waals surface area contributed by atoms with Crippen molar-refractivity contribution in [2.24, 2.45) is 0 Å². The molecule has 1 atom stereocenters. The monoisotopic (exact) mass is 349 g/mol. The molecule has 2 aromatic carbocycles. The number of halogens is 3. The largest absolute Gasteiger partial charge is 0.337 e. The van der Waals surface area contributed by atoms with Crippen molar-refractivity contribution >= 4 is 34.6 Å². The quantitative estimate of drug-likeness (QED) is 0.886. The summed E-state index contributed by atoms with van der Waals surface area (Å²) in [6.07, 6.45) is 0.951. The fraction of sp³-hybridized carbons (Fsp3) is 0.235. The van der Waals surface area contributed by atoms with Gasteiger partial charge in [-0.2, -0.15) is 5.26 Å². The maximum Gasteiger partial charge on any atom is 0.141 e. The Bertz CT molecular complexity index is 767. The highest BCUT2D eigenvalue weighted by Crippen LogP contribution is 2.34. The standard InChI is InChI=1S/C17H14Cl2FN3/c18-15-7-12(2-1-11(15)9-21)23(14-5-6-22-10-14)13-3-4-17(20)16(19)8-13/h1-4,7-8,14,22H,5-6,10H2/t14-/m0/s1. The van der Waals surface area contributed by atoms with E-state index >= 15 is 0 Å². The van der Waals surface area contributed by atoms with Crippen molar-refractivity contribution < 1.29 is 4.39 Å². The van der Waals surface area contributed by atoms with Gasteiger partial charge < -0.3 is 10.2 Å². The minimum atomic E-state index is -0.447. The molecule has 1 N–H and O–H groups in total. The van der Waals surface area contributed by atoms with Crippen molar-refractivity contribution in [3.8, 4) is 6.07 Å². The molecule has 0 bridgehead atoms. The van der Waals surface area contributed by atoms with Crippen LogP contribution in [-0.2, 0) is 0 Å². The van der Waals surface area contributed by atoms with Gasteiger partial charge >= 0.3 is 0 Å². The van der Waals surface area contributed by atoms with Crippen LogP contribution >= 0.6 is 23.2 Å². The average Bonchev–Trinajstić information content (AvgIpc) is 3.05. The van der Waals surface area contributed by atoms with Crippen molar-refractivity contribution in [2.45, 2.75) is 12.5 Å². The highest BCUT2D eigenvalue weighted by atomic mass is 35.5. The average molecular weight is 350 g/mol. The van der Waals surface area contributed by atoms with Gasteiger partial charge in [-0.15, -0.1) is 0 Å². The number of nitrogens with zero attached hydrogens (tertiary/aromatic N) is 2. The molecule has 0 unspecified atom stereocenters. The first kappa shape index (κ1) is 16.1. The van der Waals surface area contributed by atoms with E-state index in [-0.39, 0.29) is 11.1 Å². The molecule has 3 rings (SSSR count). The van der Waals surface area contributed by atoms with E-state index in [0.717, 1.165) is 30.9 Å². The van der Waals surface area contributed by atoms with Crippen LogP contribution in [-0.4, -0.2) is 19.1 Å². The minimum absolute atomic E-state index is 0.0817. The van der Waals surface area contributed by atoms with Gasteiger partial charge in [-0.25, -0.2) is 4.39 Å². The summed E-state index contributed by atoms with van der Waals surface area (Å²) in [5.41, 5.74) is 2.08. The molecule has 1 heterocycles. The molecule has 1 saturated heterocycles. The number of benzene rings is 2. The zero-order valence-electron chi connectivity index (χ0n) is 12.2. The van der Waals surface area contributed by atoms with E-state index in [1.165, 1.54) is 6.07 Å². The van der Waals surface area contributed by atoms with Crippen molar-refractivity contribution in [3.63, 3.8) is 0 Å². The summed E-state index contributed by atoms with van der Waals surface area (Å²) in [5, 5.41) is 12.8. The van der Waals surface area contributed by atoms with Gasteiger partial charge in [0.2, 0.25) is 0 Å². The first-order chi connectivity index (χ1) is 11.1. The number of anilines is 2. The molecule has 0 aromatic heterocycles. The van der Waals surface area contributed by atoms with Crippen LogP contribution in [0.4, 0.5) is 15.8 Å². The molecule has 1 aliphatic heterocycles. The topological polar surface area (TPSA) is 39.1 Å². The van der Waals surface area contributed by atoms with Gasteiger partial charge in [-0.3, -0.25) is 0 Å². The Labute approximate surface area is 144 Å². The second-order valence-electron chi connectivity index (χ2n) is 5.39. The summed E-state index contributed by atoms with van der Waals surface area (Å²) in [4.78, 5) is 2.08. The van der Waals surface area contributed by atoms with Crippen LogP contribution in [0, 0.1) is 17.1 Å². The normalized spacial score (nSPS) is 17.0. The third-order valence-corrected chi connectivity index (χ3v) is 4.53. The van der Waals surface area contributed by atoms with Gasteiger partial charge in [0.15, 0.2) is 0 Å². The third kappa shape index (κ3) is 3.28. The van der Waals surface area contributed by atoms with Gasteiger partial charge in [-0.1, -0.05) is 23.2 Å². The Hall–Kier alpha value is -1.80. The Morgan fingerprint density at radius 1 is 1.13 bits per heavy atom.